The Morgan fingerprint density at radius 1 is 0.525 bits per heavy atom. The van der Waals surface area contributed by atoms with Gasteiger partial charge in [-0.2, -0.15) is 0 Å². The molecule has 0 aliphatic heterocycles. The summed E-state index contributed by atoms with van der Waals surface area (Å²) >= 11 is 0. The van der Waals surface area contributed by atoms with Crippen LogP contribution in [0.1, 0.15) is 39.0 Å². The predicted molar refractivity (Wildman–Crippen MR) is 160 cm³/mol. The van der Waals surface area contributed by atoms with E-state index in [1.807, 2.05) is 78.9 Å². The number of carbonyl (C=O) groups is 2. The van der Waals surface area contributed by atoms with Crippen LogP contribution < -0.4 is 0 Å². The van der Waals surface area contributed by atoms with E-state index in [0.29, 0.717) is 12.0 Å². The SMILES string of the molecule is O=C(c1ccccc1)[C@H]1C[C@]2(c3ccccc3)C(=O)[C@@]1(c1ccccc1)c1c2c2ccccc2c2ccccc12. The van der Waals surface area contributed by atoms with Crippen LogP contribution in [0.4, 0.5) is 0 Å². The summed E-state index contributed by atoms with van der Waals surface area (Å²) in [5, 5.41) is 4.40. The summed E-state index contributed by atoms with van der Waals surface area (Å²) in [7, 11) is 0. The first-order valence-electron chi connectivity index (χ1n) is 13.9. The van der Waals surface area contributed by atoms with Gasteiger partial charge in [0.05, 0.1) is 10.8 Å². The zero-order valence-corrected chi connectivity index (χ0v) is 21.9. The van der Waals surface area contributed by atoms with E-state index in [9.17, 15) is 4.79 Å². The topological polar surface area (TPSA) is 34.1 Å². The molecule has 0 radical (unpaired) electrons. The molecule has 40 heavy (non-hydrogen) atoms. The minimum absolute atomic E-state index is 0.0264. The van der Waals surface area contributed by atoms with Crippen molar-refractivity contribution in [1.29, 1.82) is 0 Å². The number of hydrogen-bond acceptors (Lipinski definition) is 2. The van der Waals surface area contributed by atoms with Crippen molar-refractivity contribution in [2.24, 2.45) is 5.92 Å². The molecule has 6 aromatic carbocycles. The summed E-state index contributed by atoms with van der Waals surface area (Å²) in [6, 6.07) is 46.6. The Labute approximate surface area is 232 Å². The first kappa shape index (κ1) is 23.1. The monoisotopic (exact) mass is 514 g/mol. The number of fused-ring (bicyclic) bond motifs is 10. The highest BCUT2D eigenvalue weighted by Gasteiger charge is 2.73. The van der Waals surface area contributed by atoms with E-state index in [1.165, 1.54) is 0 Å². The zero-order chi connectivity index (χ0) is 26.9. The van der Waals surface area contributed by atoms with Gasteiger partial charge in [0, 0.05) is 11.5 Å². The van der Waals surface area contributed by atoms with Crippen molar-refractivity contribution in [3.63, 3.8) is 0 Å². The first-order valence-corrected chi connectivity index (χ1v) is 13.9. The Morgan fingerprint density at radius 3 is 1.55 bits per heavy atom. The number of Topliss-reactive ketones (excluding diaryl/α,β-unsaturated/α-hetero) is 2. The Morgan fingerprint density at radius 2 is 0.975 bits per heavy atom. The van der Waals surface area contributed by atoms with Gasteiger partial charge < -0.3 is 0 Å². The van der Waals surface area contributed by atoms with Gasteiger partial charge in [-0.1, -0.05) is 140 Å². The first-order chi connectivity index (χ1) is 19.7. The molecule has 6 aromatic rings. The molecule has 0 N–H and O–H groups in total. The molecule has 2 nitrogen and oxygen atoms in total. The largest absolute Gasteiger partial charge is 0.297 e. The molecule has 190 valence electrons. The standard InChI is InChI=1S/C38H26O2/c39-35(25-14-4-1-5-15-25)32-24-37(26-16-6-2-7-17-26)33-30-22-12-10-20-28(30)29-21-11-13-23-31(29)34(33)38(32,36(37)40)27-18-8-3-9-19-27/h1-23,32H,24H2/t32-,37-,38-/m1/s1. The van der Waals surface area contributed by atoms with Crippen LogP contribution in [0.15, 0.2) is 140 Å². The maximum absolute atomic E-state index is 15.6. The fourth-order valence-electron chi connectivity index (χ4n) is 7.93. The fraction of sp³-hybridized carbons (Fsp3) is 0.105. The van der Waals surface area contributed by atoms with Gasteiger partial charge in [0.1, 0.15) is 0 Å². The highest BCUT2D eigenvalue weighted by atomic mass is 16.1. The second-order valence-electron chi connectivity index (χ2n) is 11.1. The number of hydrogen-bond donors (Lipinski definition) is 0. The van der Waals surface area contributed by atoms with Gasteiger partial charge in [0.2, 0.25) is 0 Å². The third-order valence-corrected chi connectivity index (χ3v) is 9.40. The molecule has 2 aliphatic carbocycles. The zero-order valence-electron chi connectivity index (χ0n) is 21.9. The lowest BCUT2D eigenvalue weighted by Crippen LogP contribution is -2.41. The van der Waals surface area contributed by atoms with Gasteiger partial charge in [-0.25, -0.2) is 0 Å². The molecule has 1 fully saturated rings. The summed E-state index contributed by atoms with van der Waals surface area (Å²) in [6.07, 6.45) is 0.438. The van der Waals surface area contributed by atoms with Crippen LogP contribution in [0.25, 0.3) is 21.5 Å². The maximum atomic E-state index is 15.6. The summed E-state index contributed by atoms with van der Waals surface area (Å²) in [5.41, 5.74) is 2.53. The number of carbonyl (C=O) groups excluding carboxylic acids is 2. The van der Waals surface area contributed by atoms with Crippen molar-refractivity contribution in [3.8, 4) is 0 Å². The van der Waals surface area contributed by atoms with Crippen LogP contribution in [-0.2, 0) is 15.6 Å². The summed E-state index contributed by atoms with van der Waals surface area (Å²) in [6.45, 7) is 0. The average Bonchev–Trinajstić information content (AvgIpc) is 3.44. The normalized spacial score (nSPS) is 23.0. The molecule has 0 spiro atoms. The molecular weight excluding hydrogens is 488 g/mol. The molecule has 0 heterocycles. The third-order valence-electron chi connectivity index (χ3n) is 9.40. The highest BCUT2D eigenvalue weighted by Crippen LogP contribution is 2.68. The second kappa shape index (κ2) is 8.34. The van der Waals surface area contributed by atoms with E-state index in [2.05, 4.69) is 60.7 Å². The van der Waals surface area contributed by atoms with Gasteiger partial charge >= 0.3 is 0 Å². The number of ketones is 2. The molecule has 1 saturated carbocycles. The van der Waals surface area contributed by atoms with Gasteiger partial charge in [0.25, 0.3) is 0 Å². The van der Waals surface area contributed by atoms with E-state index in [0.717, 1.165) is 43.8 Å². The Kier molecular flexibility index (Phi) is 4.82. The Hall–Kier alpha value is -4.82. The van der Waals surface area contributed by atoms with Gasteiger partial charge in [-0.05, 0) is 50.2 Å². The van der Waals surface area contributed by atoms with Crippen LogP contribution in [0.5, 0.6) is 0 Å². The lowest BCUT2D eigenvalue weighted by atomic mass is 9.62. The van der Waals surface area contributed by atoms with E-state index in [4.69, 9.17) is 0 Å². The Bertz CT molecular complexity index is 1960. The minimum atomic E-state index is -1.11. The van der Waals surface area contributed by atoms with Crippen LogP contribution in [0, 0.1) is 5.92 Å². The fourth-order valence-corrected chi connectivity index (χ4v) is 7.93. The van der Waals surface area contributed by atoms with Crippen LogP contribution in [-0.4, -0.2) is 11.6 Å². The molecule has 3 atom stereocenters. The van der Waals surface area contributed by atoms with Crippen LogP contribution in [0.2, 0.25) is 0 Å². The quantitative estimate of drug-likeness (QED) is 0.176. The highest BCUT2D eigenvalue weighted by molar-refractivity contribution is 6.25. The van der Waals surface area contributed by atoms with E-state index in [1.54, 1.807) is 0 Å². The molecule has 0 unspecified atom stereocenters. The minimum Gasteiger partial charge on any atom is -0.297 e. The predicted octanol–water partition coefficient (Wildman–Crippen LogP) is 8.05. The summed E-state index contributed by atoms with van der Waals surface area (Å²) in [4.78, 5) is 30.1. The van der Waals surface area contributed by atoms with Crippen LogP contribution in [0.3, 0.4) is 0 Å². The van der Waals surface area contributed by atoms with Crippen molar-refractivity contribution >= 4 is 33.1 Å². The van der Waals surface area contributed by atoms with Crippen molar-refractivity contribution < 1.29 is 9.59 Å². The van der Waals surface area contributed by atoms with Crippen molar-refractivity contribution in [1.82, 2.24) is 0 Å². The van der Waals surface area contributed by atoms with Crippen LogP contribution >= 0.6 is 0 Å². The molecular formula is C38H26O2. The van der Waals surface area contributed by atoms with E-state index >= 15 is 4.79 Å². The molecule has 0 amide bonds. The molecule has 2 heteroatoms. The summed E-state index contributed by atoms with van der Waals surface area (Å²) in [5.74, 6) is -0.399. The smallest absolute Gasteiger partial charge is 0.167 e. The van der Waals surface area contributed by atoms with Gasteiger partial charge in [-0.3, -0.25) is 9.59 Å². The van der Waals surface area contributed by atoms with Gasteiger partial charge in [-0.15, -0.1) is 0 Å². The summed E-state index contributed by atoms with van der Waals surface area (Å²) < 4.78 is 0. The van der Waals surface area contributed by atoms with E-state index < -0.39 is 16.7 Å². The molecule has 2 aliphatic rings. The van der Waals surface area contributed by atoms with Crippen molar-refractivity contribution in [2.75, 3.05) is 0 Å². The molecule has 0 aromatic heterocycles. The van der Waals surface area contributed by atoms with Gasteiger partial charge in [0.15, 0.2) is 11.6 Å². The molecule has 2 bridgehead atoms. The van der Waals surface area contributed by atoms with E-state index in [-0.39, 0.29) is 11.6 Å². The lowest BCUT2D eigenvalue weighted by Gasteiger charge is -2.38. The maximum Gasteiger partial charge on any atom is 0.167 e. The molecule has 8 rings (SSSR count). The van der Waals surface area contributed by atoms with Crippen molar-refractivity contribution in [3.05, 3.63) is 167 Å². The number of benzene rings is 6. The Balaban J connectivity index is 1.60. The molecule has 0 saturated heterocycles. The third kappa shape index (κ3) is 2.73. The lowest BCUT2D eigenvalue weighted by molar-refractivity contribution is -0.123. The number of rotatable bonds is 4. The average molecular weight is 515 g/mol. The second-order valence-corrected chi connectivity index (χ2v) is 11.1. The van der Waals surface area contributed by atoms with Crippen molar-refractivity contribution in [2.45, 2.75) is 17.3 Å².